The second-order valence-corrected chi connectivity index (χ2v) is 4.21. The molecule has 0 aliphatic rings. The largest absolute Gasteiger partial charge is 0.397 e. The lowest BCUT2D eigenvalue weighted by atomic mass is 10.0. The highest BCUT2D eigenvalue weighted by Crippen LogP contribution is 2.23. The Morgan fingerprint density at radius 3 is 2.62 bits per heavy atom. The van der Waals surface area contributed by atoms with Crippen LogP contribution in [0.5, 0.6) is 0 Å². The van der Waals surface area contributed by atoms with Gasteiger partial charge in [-0.05, 0) is 31.4 Å². The van der Waals surface area contributed by atoms with Gasteiger partial charge in [-0.15, -0.1) is 10.2 Å². The summed E-state index contributed by atoms with van der Waals surface area (Å²) in [6, 6.07) is 1.98. The van der Waals surface area contributed by atoms with Crippen molar-refractivity contribution in [1.29, 1.82) is 0 Å². The first-order valence-corrected chi connectivity index (χ1v) is 5.78. The first-order valence-electron chi connectivity index (χ1n) is 5.78. The average molecular weight is 218 g/mol. The van der Waals surface area contributed by atoms with Crippen molar-refractivity contribution in [3.8, 4) is 0 Å². The lowest BCUT2D eigenvalue weighted by Gasteiger charge is -2.10. The molecular weight excluding hydrogens is 200 g/mol. The van der Waals surface area contributed by atoms with E-state index in [4.69, 9.17) is 5.73 Å². The Labute approximate surface area is 95.5 Å². The van der Waals surface area contributed by atoms with Crippen LogP contribution in [-0.2, 0) is 0 Å². The maximum absolute atomic E-state index is 5.92. The highest BCUT2D eigenvalue weighted by atomic mass is 15.2. The summed E-state index contributed by atoms with van der Waals surface area (Å²) in [7, 11) is 0. The molecule has 2 aromatic heterocycles. The average Bonchev–Trinajstić information content (AvgIpc) is 2.65. The van der Waals surface area contributed by atoms with E-state index < -0.39 is 0 Å². The summed E-state index contributed by atoms with van der Waals surface area (Å²) >= 11 is 0. The number of anilines is 1. The summed E-state index contributed by atoms with van der Waals surface area (Å²) in [5.74, 6) is 1.48. The van der Waals surface area contributed by atoms with Crippen molar-refractivity contribution in [1.82, 2.24) is 14.6 Å². The number of aryl methyl sites for hydroxylation is 1. The number of hydrogen-bond acceptors (Lipinski definition) is 3. The molecule has 86 valence electrons. The lowest BCUT2D eigenvalue weighted by Crippen LogP contribution is -2.03. The van der Waals surface area contributed by atoms with Crippen LogP contribution < -0.4 is 5.73 Å². The van der Waals surface area contributed by atoms with Gasteiger partial charge < -0.3 is 5.73 Å². The number of nitrogens with two attached hydrogens (primary N) is 1. The Hall–Kier alpha value is -1.58. The van der Waals surface area contributed by atoms with Crippen LogP contribution in [-0.4, -0.2) is 14.6 Å². The maximum Gasteiger partial charge on any atom is 0.161 e. The zero-order valence-electron chi connectivity index (χ0n) is 10.1. The van der Waals surface area contributed by atoms with Gasteiger partial charge in [-0.25, -0.2) is 0 Å². The van der Waals surface area contributed by atoms with Crippen molar-refractivity contribution < 1.29 is 0 Å². The predicted octanol–water partition coefficient (Wildman–Crippen LogP) is 2.52. The van der Waals surface area contributed by atoms with E-state index >= 15 is 0 Å². The lowest BCUT2D eigenvalue weighted by molar-refractivity contribution is 0.595. The molecule has 16 heavy (non-hydrogen) atoms. The molecule has 0 unspecified atom stereocenters. The second-order valence-electron chi connectivity index (χ2n) is 4.21. The van der Waals surface area contributed by atoms with Crippen molar-refractivity contribution in [2.75, 3.05) is 5.73 Å². The first kappa shape index (κ1) is 10.9. The quantitative estimate of drug-likeness (QED) is 0.861. The fourth-order valence-corrected chi connectivity index (χ4v) is 2.00. The van der Waals surface area contributed by atoms with Crippen LogP contribution in [0.15, 0.2) is 12.3 Å². The molecule has 0 aliphatic heterocycles. The summed E-state index contributed by atoms with van der Waals surface area (Å²) in [5, 5.41) is 8.47. The molecule has 2 aromatic rings. The van der Waals surface area contributed by atoms with Gasteiger partial charge >= 0.3 is 0 Å². The van der Waals surface area contributed by atoms with E-state index in [1.54, 1.807) is 0 Å². The third kappa shape index (κ3) is 1.64. The molecule has 2 rings (SSSR count). The van der Waals surface area contributed by atoms with Crippen LogP contribution in [0.1, 0.15) is 44.0 Å². The molecular formula is C12H18N4. The first-order chi connectivity index (χ1) is 7.67. The molecule has 2 heterocycles. The van der Waals surface area contributed by atoms with Crippen molar-refractivity contribution >= 4 is 11.3 Å². The van der Waals surface area contributed by atoms with E-state index in [1.165, 1.54) is 0 Å². The highest BCUT2D eigenvalue weighted by molar-refractivity contribution is 5.53. The Bertz CT molecular complexity index is 497. The molecule has 0 amide bonds. The smallest absolute Gasteiger partial charge is 0.161 e. The van der Waals surface area contributed by atoms with Crippen LogP contribution in [0.4, 0.5) is 5.69 Å². The predicted molar refractivity (Wildman–Crippen MR) is 65.5 cm³/mol. The Kier molecular flexibility index (Phi) is 2.81. The van der Waals surface area contributed by atoms with E-state index in [0.717, 1.165) is 35.6 Å². The normalized spacial score (nSPS) is 11.5. The van der Waals surface area contributed by atoms with Crippen molar-refractivity contribution in [2.45, 2.75) is 39.5 Å². The molecule has 4 nitrogen and oxygen atoms in total. The minimum Gasteiger partial charge on any atom is -0.397 e. The fourth-order valence-electron chi connectivity index (χ4n) is 2.00. The van der Waals surface area contributed by atoms with Crippen LogP contribution in [0.3, 0.4) is 0 Å². The summed E-state index contributed by atoms with van der Waals surface area (Å²) in [6.07, 6.45) is 4.08. The van der Waals surface area contributed by atoms with Gasteiger partial charge in [0.1, 0.15) is 5.82 Å². The van der Waals surface area contributed by atoms with Gasteiger partial charge in [0.05, 0.1) is 5.69 Å². The van der Waals surface area contributed by atoms with Gasteiger partial charge in [0, 0.05) is 12.1 Å². The molecule has 0 saturated heterocycles. The van der Waals surface area contributed by atoms with Gasteiger partial charge in [-0.1, -0.05) is 13.8 Å². The monoisotopic (exact) mass is 218 g/mol. The van der Waals surface area contributed by atoms with Crippen LogP contribution in [0, 0.1) is 6.92 Å². The molecule has 0 radical (unpaired) electrons. The zero-order valence-corrected chi connectivity index (χ0v) is 10.1. The van der Waals surface area contributed by atoms with Crippen LogP contribution >= 0.6 is 0 Å². The van der Waals surface area contributed by atoms with Crippen molar-refractivity contribution in [2.24, 2.45) is 0 Å². The number of aromatic nitrogens is 3. The maximum atomic E-state index is 5.92. The van der Waals surface area contributed by atoms with Crippen molar-refractivity contribution in [3.63, 3.8) is 0 Å². The van der Waals surface area contributed by atoms with Gasteiger partial charge in [-0.3, -0.25) is 4.40 Å². The Morgan fingerprint density at radius 2 is 2.00 bits per heavy atom. The molecule has 0 aromatic carbocycles. The summed E-state index contributed by atoms with van der Waals surface area (Å²) in [4.78, 5) is 0. The van der Waals surface area contributed by atoms with Gasteiger partial charge in [0.25, 0.3) is 0 Å². The number of hydrogen-bond donors (Lipinski definition) is 1. The zero-order chi connectivity index (χ0) is 11.7. The van der Waals surface area contributed by atoms with Crippen LogP contribution in [0.2, 0.25) is 0 Å². The summed E-state index contributed by atoms with van der Waals surface area (Å²) in [5.41, 5.74) is 8.65. The Morgan fingerprint density at radius 1 is 1.31 bits per heavy atom. The number of rotatable bonds is 3. The molecule has 0 fully saturated rings. The summed E-state index contributed by atoms with van der Waals surface area (Å²) in [6.45, 7) is 6.33. The topological polar surface area (TPSA) is 56.2 Å². The molecule has 0 saturated carbocycles. The highest BCUT2D eigenvalue weighted by Gasteiger charge is 2.15. The standard InChI is InChI=1S/C12H18N4/c1-4-9(5-2)12-15-14-11-6-8(3)10(13)7-16(11)12/h6-7,9H,4-5,13H2,1-3H3. The number of pyridine rings is 1. The molecule has 0 atom stereocenters. The molecule has 4 heteroatoms. The molecule has 0 spiro atoms. The third-order valence-electron chi connectivity index (χ3n) is 3.17. The Balaban J connectivity index is 2.59. The number of nitrogens with zero attached hydrogens (tertiary/aromatic N) is 3. The summed E-state index contributed by atoms with van der Waals surface area (Å²) < 4.78 is 2.01. The fraction of sp³-hybridized carbons (Fsp3) is 0.500. The number of fused-ring (bicyclic) bond motifs is 1. The minimum atomic E-state index is 0.456. The second kappa shape index (κ2) is 4.12. The van der Waals surface area contributed by atoms with Gasteiger partial charge in [-0.2, -0.15) is 0 Å². The molecule has 0 bridgehead atoms. The third-order valence-corrected chi connectivity index (χ3v) is 3.17. The van der Waals surface area contributed by atoms with E-state index in [2.05, 4.69) is 24.0 Å². The van der Waals surface area contributed by atoms with Gasteiger partial charge in [0.2, 0.25) is 0 Å². The van der Waals surface area contributed by atoms with E-state index in [-0.39, 0.29) is 0 Å². The van der Waals surface area contributed by atoms with Crippen LogP contribution in [0.25, 0.3) is 5.65 Å². The minimum absolute atomic E-state index is 0.456. The SMILES string of the molecule is CCC(CC)c1nnc2cc(C)c(N)cn12. The molecule has 0 aliphatic carbocycles. The van der Waals surface area contributed by atoms with Gasteiger partial charge in [0.15, 0.2) is 5.65 Å². The molecule has 2 N–H and O–H groups in total. The van der Waals surface area contributed by atoms with E-state index in [9.17, 15) is 0 Å². The van der Waals surface area contributed by atoms with E-state index in [1.807, 2.05) is 23.6 Å². The number of nitrogen functional groups attached to an aromatic ring is 1. The van der Waals surface area contributed by atoms with E-state index in [0.29, 0.717) is 5.92 Å². The van der Waals surface area contributed by atoms with Crippen molar-refractivity contribution in [3.05, 3.63) is 23.7 Å².